The zero-order chi connectivity index (χ0) is 21.6. The molecule has 1 N–H and O–H groups in total. The monoisotopic (exact) mass is 390 g/mol. The molecular formula is C24H38O4. The van der Waals surface area contributed by atoms with E-state index in [-0.39, 0.29) is 23.7 Å². The summed E-state index contributed by atoms with van der Waals surface area (Å²) in [4.78, 5) is 23.2. The molecule has 0 spiro atoms. The lowest BCUT2D eigenvalue weighted by Gasteiger charge is -2.38. The van der Waals surface area contributed by atoms with Crippen LogP contribution in [0.1, 0.15) is 86.1 Å². The summed E-state index contributed by atoms with van der Waals surface area (Å²) < 4.78 is 5.93. The lowest BCUT2D eigenvalue weighted by atomic mass is 9.72. The molecule has 4 nitrogen and oxygen atoms in total. The maximum atomic E-state index is 12.4. The summed E-state index contributed by atoms with van der Waals surface area (Å²) in [6, 6.07) is 9.80. The molecule has 158 valence electrons. The highest BCUT2D eigenvalue weighted by Crippen LogP contribution is 2.41. The van der Waals surface area contributed by atoms with Crippen molar-refractivity contribution in [3.63, 3.8) is 0 Å². The van der Waals surface area contributed by atoms with Gasteiger partial charge in [-0.3, -0.25) is 9.59 Å². The lowest BCUT2D eigenvalue weighted by Crippen LogP contribution is -2.34. The van der Waals surface area contributed by atoms with Crippen LogP contribution in [0.2, 0.25) is 0 Å². The third kappa shape index (κ3) is 9.38. The van der Waals surface area contributed by atoms with Gasteiger partial charge in [-0.25, -0.2) is 0 Å². The van der Waals surface area contributed by atoms with Crippen LogP contribution in [-0.4, -0.2) is 17.0 Å². The maximum Gasteiger partial charge on any atom is 0.307 e. The molecule has 0 bridgehead atoms. The third-order valence-corrected chi connectivity index (χ3v) is 4.75. The minimum Gasteiger partial charge on any atom is -0.481 e. The van der Waals surface area contributed by atoms with E-state index in [1.807, 2.05) is 37.3 Å². The number of ether oxygens (including phenoxy) is 1. The Kier molecular flexibility index (Phi) is 8.28. The van der Waals surface area contributed by atoms with Crippen LogP contribution in [0.15, 0.2) is 30.3 Å². The highest BCUT2D eigenvalue weighted by molar-refractivity contribution is 5.76. The van der Waals surface area contributed by atoms with Crippen LogP contribution in [0.25, 0.3) is 0 Å². The molecule has 0 fully saturated rings. The summed E-state index contributed by atoms with van der Waals surface area (Å²) in [5, 5.41) is 8.87. The number of rotatable bonds is 9. The van der Waals surface area contributed by atoms with Crippen molar-refractivity contribution in [1.29, 1.82) is 0 Å². The standard InChI is InChI=1S/C24H38O4/c1-22(2,3)15-18(16-23(4,5)6)17-24(7,19-11-9-8-10-12-19)28-21(27)14-13-20(25)26/h8-12,18H,13-17H2,1-7H3,(H,25,26). The summed E-state index contributed by atoms with van der Waals surface area (Å²) in [6.45, 7) is 15.4. The number of hydrogen-bond acceptors (Lipinski definition) is 3. The molecule has 1 atom stereocenters. The SMILES string of the molecule is CC(C)(C)CC(CC(C)(C)C)CC(C)(OC(=O)CCC(=O)O)c1ccccc1. The van der Waals surface area contributed by atoms with Gasteiger partial charge in [0.2, 0.25) is 0 Å². The average molecular weight is 391 g/mol. The molecule has 0 radical (unpaired) electrons. The summed E-state index contributed by atoms with van der Waals surface area (Å²) in [7, 11) is 0. The Morgan fingerprint density at radius 3 is 1.79 bits per heavy atom. The van der Waals surface area contributed by atoms with E-state index in [9.17, 15) is 9.59 Å². The Bertz CT molecular complexity index is 621. The average Bonchev–Trinajstić information content (AvgIpc) is 2.50. The molecule has 0 amide bonds. The number of aliphatic carboxylic acids is 1. The number of carbonyl (C=O) groups is 2. The number of esters is 1. The summed E-state index contributed by atoms with van der Waals surface area (Å²) in [5.74, 6) is -1.08. The van der Waals surface area contributed by atoms with E-state index in [1.165, 1.54) is 0 Å². The molecule has 1 rings (SSSR count). The molecule has 4 heteroatoms. The molecule has 1 aromatic carbocycles. The summed E-state index contributed by atoms with van der Waals surface area (Å²) in [6.07, 6.45) is 2.45. The fourth-order valence-corrected chi connectivity index (χ4v) is 4.02. The van der Waals surface area contributed by atoms with Gasteiger partial charge in [0, 0.05) is 0 Å². The van der Waals surface area contributed by atoms with Crippen molar-refractivity contribution in [2.24, 2.45) is 16.7 Å². The van der Waals surface area contributed by atoms with Crippen molar-refractivity contribution in [1.82, 2.24) is 0 Å². The van der Waals surface area contributed by atoms with E-state index in [4.69, 9.17) is 9.84 Å². The minimum absolute atomic E-state index is 0.110. The van der Waals surface area contributed by atoms with Crippen LogP contribution in [-0.2, 0) is 19.9 Å². The number of carbonyl (C=O) groups excluding carboxylic acids is 1. The van der Waals surface area contributed by atoms with Crippen molar-refractivity contribution in [2.45, 2.75) is 86.2 Å². The van der Waals surface area contributed by atoms with Crippen LogP contribution >= 0.6 is 0 Å². The maximum absolute atomic E-state index is 12.4. The van der Waals surface area contributed by atoms with Gasteiger partial charge in [-0.15, -0.1) is 0 Å². The number of hydrogen-bond donors (Lipinski definition) is 1. The van der Waals surface area contributed by atoms with Crippen molar-refractivity contribution in [3.8, 4) is 0 Å². The first-order chi connectivity index (χ1) is 12.7. The Balaban J connectivity index is 3.14. The number of carboxylic acids is 1. The second-order valence-corrected chi connectivity index (χ2v) is 10.6. The molecule has 0 heterocycles. The smallest absolute Gasteiger partial charge is 0.307 e. The fourth-order valence-electron chi connectivity index (χ4n) is 4.02. The van der Waals surface area contributed by atoms with Crippen LogP contribution in [0, 0.1) is 16.7 Å². The molecule has 0 aliphatic heterocycles. The largest absolute Gasteiger partial charge is 0.481 e. The van der Waals surface area contributed by atoms with Crippen molar-refractivity contribution in [2.75, 3.05) is 0 Å². The molecule has 28 heavy (non-hydrogen) atoms. The Hall–Kier alpha value is -1.84. The van der Waals surface area contributed by atoms with Gasteiger partial charge in [-0.05, 0) is 48.5 Å². The van der Waals surface area contributed by atoms with Crippen LogP contribution in [0.3, 0.4) is 0 Å². The molecule has 1 aromatic rings. The first kappa shape index (κ1) is 24.2. The molecule has 1 unspecified atom stereocenters. The fraction of sp³-hybridized carbons (Fsp3) is 0.667. The molecule has 0 aromatic heterocycles. The molecular weight excluding hydrogens is 352 g/mol. The van der Waals surface area contributed by atoms with E-state index in [0.29, 0.717) is 12.3 Å². The van der Waals surface area contributed by atoms with Crippen molar-refractivity contribution < 1.29 is 19.4 Å². The zero-order valence-corrected chi connectivity index (χ0v) is 18.7. The van der Waals surface area contributed by atoms with Gasteiger partial charge in [0.1, 0.15) is 5.60 Å². The predicted molar refractivity (Wildman–Crippen MR) is 113 cm³/mol. The molecule has 0 saturated carbocycles. The lowest BCUT2D eigenvalue weighted by molar-refractivity contribution is -0.163. The quantitative estimate of drug-likeness (QED) is 0.511. The minimum atomic E-state index is -0.989. The van der Waals surface area contributed by atoms with Crippen molar-refractivity contribution in [3.05, 3.63) is 35.9 Å². The second kappa shape index (κ2) is 9.58. The van der Waals surface area contributed by atoms with E-state index >= 15 is 0 Å². The Morgan fingerprint density at radius 2 is 1.36 bits per heavy atom. The Labute approximate surface area is 170 Å². The summed E-state index contributed by atoms with van der Waals surface area (Å²) >= 11 is 0. The van der Waals surface area contributed by atoms with Crippen LogP contribution in [0.5, 0.6) is 0 Å². The van der Waals surface area contributed by atoms with E-state index in [1.54, 1.807) is 0 Å². The van der Waals surface area contributed by atoms with E-state index in [0.717, 1.165) is 18.4 Å². The topological polar surface area (TPSA) is 63.6 Å². The first-order valence-electron chi connectivity index (χ1n) is 10.2. The Morgan fingerprint density at radius 1 is 0.857 bits per heavy atom. The van der Waals surface area contributed by atoms with Crippen molar-refractivity contribution >= 4 is 11.9 Å². The summed E-state index contributed by atoms with van der Waals surface area (Å²) in [5.41, 5.74) is 0.506. The van der Waals surface area contributed by atoms with Crippen LogP contribution in [0.4, 0.5) is 0 Å². The van der Waals surface area contributed by atoms with E-state index in [2.05, 4.69) is 41.5 Å². The van der Waals surface area contributed by atoms with Gasteiger partial charge in [-0.2, -0.15) is 0 Å². The number of benzene rings is 1. The highest BCUT2D eigenvalue weighted by Gasteiger charge is 2.36. The molecule has 0 aliphatic rings. The van der Waals surface area contributed by atoms with E-state index < -0.39 is 17.5 Å². The van der Waals surface area contributed by atoms with Gasteiger partial charge in [-0.1, -0.05) is 71.9 Å². The van der Waals surface area contributed by atoms with Gasteiger partial charge in [0.15, 0.2) is 0 Å². The predicted octanol–water partition coefficient (Wildman–Crippen LogP) is 6.19. The van der Waals surface area contributed by atoms with Gasteiger partial charge in [0.25, 0.3) is 0 Å². The van der Waals surface area contributed by atoms with Crippen LogP contribution < -0.4 is 0 Å². The normalized spacial score (nSPS) is 14.6. The highest BCUT2D eigenvalue weighted by atomic mass is 16.6. The number of carboxylic acid groups (broad SMARTS) is 1. The second-order valence-electron chi connectivity index (χ2n) is 10.6. The van der Waals surface area contributed by atoms with Gasteiger partial charge < -0.3 is 9.84 Å². The van der Waals surface area contributed by atoms with Gasteiger partial charge in [0.05, 0.1) is 12.8 Å². The molecule has 0 saturated heterocycles. The van der Waals surface area contributed by atoms with Gasteiger partial charge >= 0.3 is 11.9 Å². The molecule has 0 aliphatic carbocycles. The third-order valence-electron chi connectivity index (χ3n) is 4.75. The zero-order valence-electron chi connectivity index (χ0n) is 18.7. The first-order valence-corrected chi connectivity index (χ1v) is 10.2.